The topological polar surface area (TPSA) is 35.2 Å². The molecular weight excluding hydrogens is 238 g/mol. The zero-order valence-electron chi connectivity index (χ0n) is 9.27. The Morgan fingerprint density at radius 2 is 1.94 bits per heavy atom. The number of aryl methyl sites for hydroxylation is 1. The molecule has 0 amide bonds. The fraction of sp³-hybridized carbons (Fsp3) is 0.455. The van der Waals surface area contributed by atoms with Gasteiger partial charge in [-0.15, -0.1) is 0 Å². The molecule has 96 valence electrons. The van der Waals surface area contributed by atoms with Crippen LogP contribution in [-0.2, 0) is 0 Å². The van der Waals surface area contributed by atoms with E-state index in [2.05, 4.69) is 0 Å². The van der Waals surface area contributed by atoms with Crippen LogP contribution >= 0.6 is 0 Å². The van der Waals surface area contributed by atoms with Crippen molar-refractivity contribution < 1.29 is 22.3 Å². The Balaban J connectivity index is 2.50. The van der Waals surface area contributed by atoms with E-state index in [1.807, 2.05) is 0 Å². The maximum atomic E-state index is 13.3. The lowest BCUT2D eigenvalue weighted by Crippen LogP contribution is -2.10. The number of benzene rings is 1. The number of hydrogen-bond donors (Lipinski definition) is 1. The number of nitrogens with two attached hydrogens (primary N) is 1. The Bertz CT molecular complexity index is 390. The molecule has 0 heterocycles. The van der Waals surface area contributed by atoms with Crippen LogP contribution in [0.15, 0.2) is 12.1 Å². The molecular formula is C11H13F4NO. The van der Waals surface area contributed by atoms with Gasteiger partial charge in [0.1, 0.15) is 0 Å². The minimum Gasteiger partial charge on any atom is -0.491 e. The molecule has 2 N–H and O–H groups in total. The summed E-state index contributed by atoms with van der Waals surface area (Å²) in [5.41, 5.74) is 6.36. The summed E-state index contributed by atoms with van der Waals surface area (Å²) in [6.07, 6.45) is -5.35. The van der Waals surface area contributed by atoms with E-state index in [1.54, 1.807) is 6.92 Å². The number of hydrogen-bond acceptors (Lipinski definition) is 2. The maximum Gasteiger partial charge on any atom is 0.389 e. The average Bonchev–Trinajstić information content (AvgIpc) is 2.18. The lowest BCUT2D eigenvalue weighted by Gasteiger charge is -2.10. The Morgan fingerprint density at radius 1 is 1.29 bits per heavy atom. The smallest absolute Gasteiger partial charge is 0.389 e. The highest BCUT2D eigenvalue weighted by Crippen LogP contribution is 2.25. The predicted octanol–water partition coefficient (Wildman–Crippen LogP) is 3.44. The van der Waals surface area contributed by atoms with Crippen LogP contribution in [0.2, 0.25) is 0 Å². The van der Waals surface area contributed by atoms with Crippen LogP contribution in [0.3, 0.4) is 0 Å². The van der Waals surface area contributed by atoms with Crippen LogP contribution in [0, 0.1) is 12.7 Å². The molecule has 1 aromatic carbocycles. The Hall–Kier alpha value is -1.46. The van der Waals surface area contributed by atoms with Crippen LogP contribution in [0.25, 0.3) is 0 Å². The highest BCUT2D eigenvalue weighted by atomic mass is 19.4. The van der Waals surface area contributed by atoms with Crippen molar-refractivity contribution in [2.45, 2.75) is 25.9 Å². The molecule has 1 rings (SSSR count). The highest BCUT2D eigenvalue weighted by molar-refractivity contribution is 5.50. The first-order valence-corrected chi connectivity index (χ1v) is 5.05. The molecule has 0 saturated carbocycles. The van der Waals surface area contributed by atoms with E-state index in [1.165, 1.54) is 6.07 Å². The quantitative estimate of drug-likeness (QED) is 0.505. The molecule has 0 aliphatic carbocycles. The largest absolute Gasteiger partial charge is 0.491 e. The lowest BCUT2D eigenvalue weighted by atomic mass is 10.2. The zero-order chi connectivity index (χ0) is 13.1. The molecule has 0 aliphatic heterocycles. The van der Waals surface area contributed by atoms with Gasteiger partial charge in [-0.25, -0.2) is 4.39 Å². The van der Waals surface area contributed by atoms with Gasteiger partial charge in [-0.2, -0.15) is 13.2 Å². The lowest BCUT2D eigenvalue weighted by molar-refractivity contribution is -0.136. The monoisotopic (exact) mass is 251 g/mol. The van der Waals surface area contributed by atoms with E-state index in [9.17, 15) is 17.6 Å². The van der Waals surface area contributed by atoms with Crippen LogP contribution < -0.4 is 10.5 Å². The summed E-state index contributed by atoms with van der Waals surface area (Å²) < 4.78 is 53.7. The summed E-state index contributed by atoms with van der Waals surface area (Å²) in [5, 5.41) is 0. The standard InChI is InChI=1S/C11H13F4NO/c1-7-5-10(8(12)6-9(7)16)17-4-2-3-11(13,14)15/h5-6H,2-4,16H2,1H3. The van der Waals surface area contributed by atoms with Gasteiger partial charge in [-0.3, -0.25) is 0 Å². The van der Waals surface area contributed by atoms with Crippen molar-refractivity contribution in [3.8, 4) is 5.75 Å². The van der Waals surface area contributed by atoms with Crippen molar-refractivity contribution in [1.82, 2.24) is 0 Å². The third-order valence-corrected chi connectivity index (χ3v) is 2.18. The Morgan fingerprint density at radius 3 is 2.53 bits per heavy atom. The normalized spacial score (nSPS) is 11.6. The van der Waals surface area contributed by atoms with Gasteiger partial charge in [0.05, 0.1) is 6.61 Å². The van der Waals surface area contributed by atoms with E-state index in [-0.39, 0.29) is 24.5 Å². The number of alkyl halides is 3. The minimum absolute atomic E-state index is 0.0705. The summed E-state index contributed by atoms with van der Waals surface area (Å²) in [7, 11) is 0. The number of rotatable bonds is 4. The Labute approximate surface area is 96.4 Å². The highest BCUT2D eigenvalue weighted by Gasteiger charge is 2.26. The predicted molar refractivity (Wildman–Crippen MR) is 56.3 cm³/mol. The summed E-state index contributed by atoms with van der Waals surface area (Å²) >= 11 is 0. The summed E-state index contributed by atoms with van der Waals surface area (Å²) in [4.78, 5) is 0. The number of anilines is 1. The number of ether oxygens (including phenoxy) is 1. The SMILES string of the molecule is Cc1cc(OCCCC(F)(F)F)c(F)cc1N. The molecule has 0 fully saturated rings. The van der Waals surface area contributed by atoms with Gasteiger partial charge in [0.2, 0.25) is 0 Å². The first kappa shape index (κ1) is 13.6. The molecule has 0 bridgehead atoms. The van der Waals surface area contributed by atoms with E-state index in [4.69, 9.17) is 10.5 Å². The van der Waals surface area contributed by atoms with Gasteiger partial charge in [-0.05, 0) is 25.0 Å². The van der Waals surface area contributed by atoms with Crippen molar-refractivity contribution in [3.63, 3.8) is 0 Å². The van der Waals surface area contributed by atoms with Gasteiger partial charge in [0.15, 0.2) is 11.6 Å². The Kier molecular flexibility index (Phi) is 4.20. The number of nitrogen functional groups attached to an aromatic ring is 1. The zero-order valence-corrected chi connectivity index (χ0v) is 9.27. The first-order valence-electron chi connectivity index (χ1n) is 5.05. The third kappa shape index (κ3) is 4.50. The molecule has 1 aromatic rings. The molecule has 0 unspecified atom stereocenters. The molecule has 0 saturated heterocycles. The molecule has 17 heavy (non-hydrogen) atoms. The van der Waals surface area contributed by atoms with Gasteiger partial charge in [0.25, 0.3) is 0 Å². The van der Waals surface area contributed by atoms with Gasteiger partial charge < -0.3 is 10.5 Å². The summed E-state index contributed by atoms with van der Waals surface area (Å²) in [6, 6.07) is 2.46. The second-order valence-corrected chi connectivity index (χ2v) is 3.71. The molecule has 0 aliphatic rings. The van der Waals surface area contributed by atoms with Gasteiger partial charge in [0, 0.05) is 18.2 Å². The van der Waals surface area contributed by atoms with Gasteiger partial charge >= 0.3 is 6.18 Å². The van der Waals surface area contributed by atoms with Crippen molar-refractivity contribution >= 4 is 5.69 Å². The van der Waals surface area contributed by atoms with Crippen molar-refractivity contribution in [2.24, 2.45) is 0 Å². The van der Waals surface area contributed by atoms with Crippen LogP contribution in [0.4, 0.5) is 23.2 Å². The van der Waals surface area contributed by atoms with Crippen molar-refractivity contribution in [2.75, 3.05) is 12.3 Å². The summed E-state index contributed by atoms with van der Waals surface area (Å²) in [6.45, 7) is 1.48. The van der Waals surface area contributed by atoms with Crippen LogP contribution in [-0.4, -0.2) is 12.8 Å². The van der Waals surface area contributed by atoms with Crippen LogP contribution in [0.1, 0.15) is 18.4 Å². The molecule has 6 heteroatoms. The molecule has 0 atom stereocenters. The van der Waals surface area contributed by atoms with Gasteiger partial charge in [-0.1, -0.05) is 0 Å². The number of halogens is 4. The molecule has 0 aromatic heterocycles. The maximum absolute atomic E-state index is 13.3. The van der Waals surface area contributed by atoms with E-state index >= 15 is 0 Å². The fourth-order valence-electron chi connectivity index (χ4n) is 1.24. The third-order valence-electron chi connectivity index (χ3n) is 2.18. The molecule has 2 nitrogen and oxygen atoms in total. The second-order valence-electron chi connectivity index (χ2n) is 3.71. The van der Waals surface area contributed by atoms with Crippen LogP contribution in [0.5, 0.6) is 5.75 Å². The van der Waals surface area contributed by atoms with E-state index in [0.29, 0.717) is 5.56 Å². The van der Waals surface area contributed by atoms with E-state index < -0.39 is 18.4 Å². The second kappa shape index (κ2) is 5.25. The van der Waals surface area contributed by atoms with Crippen molar-refractivity contribution in [1.29, 1.82) is 0 Å². The summed E-state index contributed by atoms with van der Waals surface area (Å²) in [5.74, 6) is -0.737. The first-order chi connectivity index (χ1) is 7.79. The molecule has 0 radical (unpaired) electrons. The average molecular weight is 251 g/mol. The minimum atomic E-state index is -4.21. The fourth-order valence-corrected chi connectivity index (χ4v) is 1.24. The molecule has 0 spiro atoms. The van der Waals surface area contributed by atoms with Crippen molar-refractivity contribution in [3.05, 3.63) is 23.5 Å². The van der Waals surface area contributed by atoms with E-state index in [0.717, 1.165) is 6.07 Å².